The summed E-state index contributed by atoms with van der Waals surface area (Å²) in [5, 5.41) is 12.8. The molecule has 0 spiro atoms. The van der Waals surface area contributed by atoms with Gasteiger partial charge in [-0.1, -0.05) is 12.1 Å². The molecule has 2 heterocycles. The van der Waals surface area contributed by atoms with Gasteiger partial charge in [-0.05, 0) is 28.1 Å². The topological polar surface area (TPSA) is 93.8 Å². The largest absolute Gasteiger partial charge is 0.478 e. The Hall–Kier alpha value is -2.82. The van der Waals surface area contributed by atoms with E-state index in [1.54, 1.807) is 0 Å². The van der Waals surface area contributed by atoms with Crippen LogP contribution in [0, 0.1) is 0 Å². The summed E-state index contributed by atoms with van der Waals surface area (Å²) in [4.78, 5) is 23.0. The normalized spacial score (nSPS) is 11.5. The zero-order chi connectivity index (χ0) is 18.9. The molecule has 3 aromatic rings. The first-order chi connectivity index (χ1) is 12.2. The van der Waals surface area contributed by atoms with E-state index in [-0.39, 0.29) is 28.6 Å². The molecule has 0 radical (unpaired) electrons. The zero-order valence-electron chi connectivity index (χ0n) is 12.8. The summed E-state index contributed by atoms with van der Waals surface area (Å²) in [6.45, 7) is -1.35. The smallest absolute Gasteiger partial charge is 0.408 e. The van der Waals surface area contributed by atoms with Gasteiger partial charge in [0, 0.05) is 18.0 Å². The molecule has 134 valence electrons. The van der Waals surface area contributed by atoms with E-state index < -0.39 is 18.7 Å². The summed E-state index contributed by atoms with van der Waals surface area (Å²) in [5.74, 6) is -1.21. The predicted octanol–water partition coefficient (Wildman–Crippen LogP) is 3.43. The highest BCUT2D eigenvalue weighted by molar-refractivity contribution is 9.10. The molecule has 3 rings (SSSR count). The molecule has 0 saturated heterocycles. The van der Waals surface area contributed by atoms with Crippen molar-refractivity contribution >= 4 is 21.9 Å². The number of benzene rings is 1. The number of aromatic nitrogens is 5. The Balaban J connectivity index is 2.06. The van der Waals surface area contributed by atoms with Crippen molar-refractivity contribution in [2.45, 2.75) is 12.7 Å². The van der Waals surface area contributed by atoms with Gasteiger partial charge in [-0.25, -0.2) is 24.4 Å². The van der Waals surface area contributed by atoms with E-state index in [1.165, 1.54) is 36.7 Å². The van der Waals surface area contributed by atoms with Crippen molar-refractivity contribution in [3.8, 4) is 23.0 Å². The third-order valence-corrected chi connectivity index (χ3v) is 3.62. The third kappa shape index (κ3) is 4.04. The summed E-state index contributed by atoms with van der Waals surface area (Å²) in [5.41, 5.74) is 0.294. The van der Waals surface area contributed by atoms with Gasteiger partial charge in [0.2, 0.25) is 5.82 Å². The minimum absolute atomic E-state index is 0.00658. The Morgan fingerprint density at radius 3 is 2.27 bits per heavy atom. The number of carboxylic acid groups (broad SMARTS) is 1. The second kappa shape index (κ2) is 6.83. The Labute approximate surface area is 152 Å². The summed E-state index contributed by atoms with van der Waals surface area (Å²) < 4.78 is 39.9. The molecule has 0 unspecified atom stereocenters. The molecule has 1 N–H and O–H groups in total. The van der Waals surface area contributed by atoms with Crippen LogP contribution in [-0.4, -0.2) is 42.0 Å². The van der Waals surface area contributed by atoms with Crippen LogP contribution in [0.5, 0.6) is 0 Å². The minimum Gasteiger partial charge on any atom is -0.478 e. The SMILES string of the molecule is O=C(O)c1ccc(-c2nc(-c3ncc(Br)cn3)nn2CC(F)(F)F)cc1. The van der Waals surface area contributed by atoms with E-state index >= 15 is 0 Å². The van der Waals surface area contributed by atoms with E-state index in [2.05, 4.69) is 36.0 Å². The number of carboxylic acids is 1. The Kier molecular flexibility index (Phi) is 4.72. The quantitative estimate of drug-likeness (QED) is 0.685. The van der Waals surface area contributed by atoms with Gasteiger partial charge in [0.1, 0.15) is 6.54 Å². The maximum absolute atomic E-state index is 12.9. The zero-order valence-corrected chi connectivity index (χ0v) is 14.4. The molecule has 0 aliphatic heterocycles. The molecule has 2 aromatic heterocycles. The monoisotopic (exact) mass is 427 g/mol. The third-order valence-electron chi connectivity index (χ3n) is 3.21. The number of nitrogens with zero attached hydrogens (tertiary/aromatic N) is 5. The first kappa shape index (κ1) is 18.0. The van der Waals surface area contributed by atoms with Crippen molar-refractivity contribution in [3.63, 3.8) is 0 Å². The van der Waals surface area contributed by atoms with Crippen LogP contribution in [-0.2, 0) is 6.54 Å². The summed E-state index contributed by atoms with van der Waals surface area (Å²) >= 11 is 3.16. The molecule has 0 aliphatic carbocycles. The number of hydrogen-bond donors (Lipinski definition) is 1. The van der Waals surface area contributed by atoms with Gasteiger partial charge in [0.25, 0.3) is 0 Å². The number of alkyl halides is 3. The fourth-order valence-electron chi connectivity index (χ4n) is 2.12. The fraction of sp³-hybridized carbons (Fsp3) is 0.133. The molecule has 0 saturated carbocycles. The average Bonchev–Trinajstić information content (AvgIpc) is 2.97. The second-order valence-electron chi connectivity index (χ2n) is 5.14. The van der Waals surface area contributed by atoms with Gasteiger partial charge in [0.15, 0.2) is 11.6 Å². The molecule has 0 amide bonds. The van der Waals surface area contributed by atoms with Crippen molar-refractivity contribution in [2.24, 2.45) is 0 Å². The molecular formula is C15H9BrF3N5O2. The van der Waals surface area contributed by atoms with E-state index in [4.69, 9.17) is 5.11 Å². The molecule has 0 bridgehead atoms. The maximum atomic E-state index is 12.9. The first-order valence-electron chi connectivity index (χ1n) is 7.06. The molecule has 0 fully saturated rings. The molecule has 26 heavy (non-hydrogen) atoms. The van der Waals surface area contributed by atoms with Gasteiger partial charge in [-0.2, -0.15) is 13.2 Å². The lowest BCUT2D eigenvalue weighted by molar-refractivity contribution is -0.142. The van der Waals surface area contributed by atoms with Crippen molar-refractivity contribution in [1.82, 2.24) is 24.7 Å². The van der Waals surface area contributed by atoms with E-state index in [0.29, 0.717) is 9.15 Å². The second-order valence-corrected chi connectivity index (χ2v) is 6.05. The number of hydrogen-bond acceptors (Lipinski definition) is 5. The minimum atomic E-state index is -4.51. The van der Waals surface area contributed by atoms with Crippen LogP contribution in [0.1, 0.15) is 10.4 Å². The molecule has 7 nitrogen and oxygen atoms in total. The Bertz CT molecular complexity index is 939. The Morgan fingerprint density at radius 1 is 1.12 bits per heavy atom. The fourth-order valence-corrected chi connectivity index (χ4v) is 2.32. The summed E-state index contributed by atoms with van der Waals surface area (Å²) in [6.07, 6.45) is -1.66. The summed E-state index contributed by atoms with van der Waals surface area (Å²) in [7, 11) is 0. The van der Waals surface area contributed by atoms with Crippen molar-refractivity contribution < 1.29 is 23.1 Å². The van der Waals surface area contributed by atoms with Crippen LogP contribution in [0.4, 0.5) is 13.2 Å². The van der Waals surface area contributed by atoms with E-state index in [0.717, 1.165) is 0 Å². The van der Waals surface area contributed by atoms with Crippen molar-refractivity contribution in [2.75, 3.05) is 0 Å². The first-order valence-corrected chi connectivity index (χ1v) is 7.85. The summed E-state index contributed by atoms with van der Waals surface area (Å²) in [6, 6.07) is 5.29. The molecule has 0 aliphatic rings. The molecular weight excluding hydrogens is 419 g/mol. The van der Waals surface area contributed by atoms with Crippen molar-refractivity contribution in [1.29, 1.82) is 0 Å². The lowest BCUT2D eigenvalue weighted by Gasteiger charge is -2.09. The standard InChI is InChI=1S/C15H9BrF3N5O2/c16-10-5-20-11(21-6-10)12-22-13(24(23-12)7-15(17,18)19)8-1-3-9(4-2-8)14(25)26/h1-6H,7H2,(H,25,26). The van der Waals surface area contributed by atoms with Gasteiger partial charge in [0.05, 0.1) is 10.0 Å². The number of halogens is 4. The molecule has 0 atom stereocenters. The van der Waals surface area contributed by atoms with E-state index in [1.807, 2.05) is 0 Å². The molecule has 1 aromatic carbocycles. The average molecular weight is 428 g/mol. The van der Waals surface area contributed by atoms with Crippen LogP contribution in [0.2, 0.25) is 0 Å². The molecule has 11 heteroatoms. The number of aromatic carboxylic acids is 1. The predicted molar refractivity (Wildman–Crippen MR) is 87.2 cm³/mol. The maximum Gasteiger partial charge on any atom is 0.408 e. The lowest BCUT2D eigenvalue weighted by atomic mass is 10.1. The van der Waals surface area contributed by atoms with Crippen LogP contribution >= 0.6 is 15.9 Å². The van der Waals surface area contributed by atoms with E-state index in [9.17, 15) is 18.0 Å². The van der Waals surface area contributed by atoms with Crippen LogP contribution in [0.25, 0.3) is 23.0 Å². The highest BCUT2D eigenvalue weighted by Crippen LogP contribution is 2.25. The van der Waals surface area contributed by atoms with Crippen LogP contribution in [0.3, 0.4) is 0 Å². The van der Waals surface area contributed by atoms with Gasteiger partial charge >= 0.3 is 12.1 Å². The van der Waals surface area contributed by atoms with Gasteiger partial charge in [-0.3, -0.25) is 0 Å². The van der Waals surface area contributed by atoms with Crippen molar-refractivity contribution in [3.05, 3.63) is 46.7 Å². The highest BCUT2D eigenvalue weighted by Gasteiger charge is 2.31. The number of rotatable bonds is 4. The Morgan fingerprint density at radius 2 is 1.73 bits per heavy atom. The lowest BCUT2D eigenvalue weighted by Crippen LogP contribution is -2.19. The van der Waals surface area contributed by atoms with Gasteiger partial charge < -0.3 is 5.11 Å². The van der Waals surface area contributed by atoms with Crippen LogP contribution < -0.4 is 0 Å². The highest BCUT2D eigenvalue weighted by atomic mass is 79.9. The number of carbonyl (C=O) groups is 1. The van der Waals surface area contributed by atoms with Gasteiger partial charge in [-0.15, -0.1) is 5.10 Å². The van der Waals surface area contributed by atoms with Crippen LogP contribution in [0.15, 0.2) is 41.1 Å².